The van der Waals surface area contributed by atoms with Crippen LogP contribution in [0.4, 0.5) is 13.6 Å². The van der Waals surface area contributed by atoms with Crippen molar-refractivity contribution >= 4 is 6.03 Å². The van der Waals surface area contributed by atoms with Gasteiger partial charge in [-0.15, -0.1) is 0 Å². The Balaban J connectivity index is 2.04. The van der Waals surface area contributed by atoms with Crippen molar-refractivity contribution in [3.63, 3.8) is 0 Å². The van der Waals surface area contributed by atoms with Gasteiger partial charge in [0, 0.05) is 13.1 Å². The molecule has 0 aromatic heterocycles. The van der Waals surface area contributed by atoms with Crippen molar-refractivity contribution in [3.05, 3.63) is 35.9 Å². The monoisotopic (exact) mass is 258 g/mol. The van der Waals surface area contributed by atoms with E-state index in [0.29, 0.717) is 6.54 Å². The fraction of sp³-hybridized carbons (Fsp3) is 0.417. The molecule has 18 heavy (non-hydrogen) atoms. The first-order valence-corrected chi connectivity index (χ1v) is 5.60. The number of halogens is 2. The van der Waals surface area contributed by atoms with E-state index in [1.807, 2.05) is 30.3 Å². The van der Waals surface area contributed by atoms with E-state index in [-0.39, 0.29) is 19.2 Å². The number of carbonyl (C=O) groups excluding carboxylic acids is 1. The second kappa shape index (κ2) is 8.41. The molecule has 0 aliphatic rings. The molecule has 1 aromatic rings. The zero-order valence-electron chi connectivity index (χ0n) is 9.86. The lowest BCUT2D eigenvalue weighted by Crippen LogP contribution is -2.37. The molecule has 2 amide bonds. The predicted octanol–water partition coefficient (Wildman–Crippen LogP) is 1.77. The number of hydrogen-bond acceptors (Lipinski definition) is 2. The van der Waals surface area contributed by atoms with E-state index in [1.54, 1.807) is 0 Å². The Kier molecular flexibility index (Phi) is 6.71. The number of rotatable bonds is 7. The molecule has 0 radical (unpaired) electrons. The first-order chi connectivity index (χ1) is 8.68. The molecule has 0 aliphatic heterocycles. The van der Waals surface area contributed by atoms with Gasteiger partial charge >= 0.3 is 6.03 Å². The van der Waals surface area contributed by atoms with Crippen LogP contribution in [-0.4, -0.2) is 32.2 Å². The lowest BCUT2D eigenvalue weighted by atomic mass is 10.2. The highest BCUT2D eigenvalue weighted by Gasteiger charge is 2.02. The van der Waals surface area contributed by atoms with Crippen LogP contribution in [0.1, 0.15) is 5.56 Å². The van der Waals surface area contributed by atoms with E-state index in [9.17, 15) is 13.6 Å². The number of ether oxygens (including phenoxy) is 1. The minimum atomic E-state index is -2.48. The number of benzene rings is 1. The first-order valence-electron chi connectivity index (χ1n) is 5.60. The zero-order valence-corrected chi connectivity index (χ0v) is 9.86. The van der Waals surface area contributed by atoms with Crippen molar-refractivity contribution in [2.45, 2.75) is 13.0 Å². The van der Waals surface area contributed by atoms with Crippen LogP contribution in [-0.2, 0) is 11.3 Å². The summed E-state index contributed by atoms with van der Waals surface area (Å²) in [7, 11) is 0. The van der Waals surface area contributed by atoms with Crippen LogP contribution in [0.2, 0.25) is 0 Å². The summed E-state index contributed by atoms with van der Waals surface area (Å²) in [6.45, 7) is 0.0916. The molecule has 0 atom stereocenters. The summed E-state index contributed by atoms with van der Waals surface area (Å²) >= 11 is 0. The van der Waals surface area contributed by atoms with Crippen LogP contribution < -0.4 is 10.6 Å². The fourth-order valence-electron chi connectivity index (χ4n) is 1.25. The first kappa shape index (κ1) is 14.4. The molecular weight excluding hydrogens is 242 g/mol. The van der Waals surface area contributed by atoms with Crippen molar-refractivity contribution in [1.82, 2.24) is 10.6 Å². The van der Waals surface area contributed by atoms with Crippen LogP contribution in [0, 0.1) is 0 Å². The molecule has 0 bridgehead atoms. The smallest absolute Gasteiger partial charge is 0.315 e. The van der Waals surface area contributed by atoms with E-state index < -0.39 is 13.0 Å². The highest BCUT2D eigenvalue weighted by Crippen LogP contribution is 1.96. The molecule has 6 heteroatoms. The average molecular weight is 258 g/mol. The molecule has 0 spiro atoms. The van der Waals surface area contributed by atoms with Gasteiger partial charge in [0.15, 0.2) is 0 Å². The van der Waals surface area contributed by atoms with Gasteiger partial charge in [-0.2, -0.15) is 0 Å². The standard InChI is InChI=1S/C12H16F2N2O2/c13-11(14)9-18-7-6-15-12(17)16-8-10-4-2-1-3-5-10/h1-5,11H,6-9H2,(H2,15,16,17). The van der Waals surface area contributed by atoms with Gasteiger partial charge in [0.05, 0.1) is 6.61 Å². The van der Waals surface area contributed by atoms with Crippen LogP contribution in [0.5, 0.6) is 0 Å². The predicted molar refractivity (Wildman–Crippen MR) is 63.5 cm³/mol. The Hall–Kier alpha value is -1.69. The second-order valence-corrected chi connectivity index (χ2v) is 3.56. The molecule has 1 aromatic carbocycles. The molecule has 100 valence electrons. The topological polar surface area (TPSA) is 50.4 Å². The number of nitrogens with one attached hydrogen (secondary N) is 2. The zero-order chi connectivity index (χ0) is 13.2. The molecule has 4 nitrogen and oxygen atoms in total. The van der Waals surface area contributed by atoms with E-state index in [4.69, 9.17) is 0 Å². The van der Waals surface area contributed by atoms with Gasteiger partial charge in [-0.3, -0.25) is 0 Å². The lowest BCUT2D eigenvalue weighted by molar-refractivity contribution is 0.0193. The quantitative estimate of drug-likeness (QED) is 0.732. The largest absolute Gasteiger partial charge is 0.374 e. The van der Waals surface area contributed by atoms with Gasteiger partial charge in [-0.05, 0) is 5.56 Å². The van der Waals surface area contributed by atoms with Gasteiger partial charge in [0.25, 0.3) is 6.43 Å². The van der Waals surface area contributed by atoms with Crippen molar-refractivity contribution < 1.29 is 18.3 Å². The van der Waals surface area contributed by atoms with Gasteiger partial charge in [0.1, 0.15) is 6.61 Å². The number of alkyl halides is 2. The van der Waals surface area contributed by atoms with Crippen LogP contribution in [0.15, 0.2) is 30.3 Å². The van der Waals surface area contributed by atoms with Gasteiger partial charge in [-0.25, -0.2) is 13.6 Å². The van der Waals surface area contributed by atoms with Gasteiger partial charge < -0.3 is 15.4 Å². The van der Waals surface area contributed by atoms with E-state index >= 15 is 0 Å². The third kappa shape index (κ3) is 6.80. The minimum Gasteiger partial charge on any atom is -0.374 e. The molecule has 0 heterocycles. The summed E-state index contributed by atoms with van der Waals surface area (Å²) in [6.07, 6.45) is -2.48. The number of hydrogen-bond donors (Lipinski definition) is 2. The van der Waals surface area contributed by atoms with Gasteiger partial charge in [0.2, 0.25) is 0 Å². The number of urea groups is 1. The molecule has 0 aliphatic carbocycles. The van der Waals surface area contributed by atoms with Crippen molar-refractivity contribution in [2.75, 3.05) is 19.8 Å². The Morgan fingerprint density at radius 2 is 1.94 bits per heavy atom. The maximum atomic E-state index is 11.7. The third-order valence-corrected chi connectivity index (χ3v) is 2.07. The molecule has 0 unspecified atom stereocenters. The summed E-state index contributed by atoms with van der Waals surface area (Å²) in [6, 6.07) is 9.10. The summed E-state index contributed by atoms with van der Waals surface area (Å²) in [5, 5.41) is 5.15. The summed E-state index contributed by atoms with van der Waals surface area (Å²) in [4.78, 5) is 11.3. The Labute approximate surface area is 104 Å². The maximum Gasteiger partial charge on any atom is 0.315 e. The molecular formula is C12H16F2N2O2. The molecule has 0 fully saturated rings. The Morgan fingerprint density at radius 1 is 1.22 bits per heavy atom. The van der Waals surface area contributed by atoms with Crippen molar-refractivity contribution in [2.24, 2.45) is 0 Å². The van der Waals surface area contributed by atoms with Crippen LogP contribution in [0.3, 0.4) is 0 Å². The summed E-state index contributed by atoms with van der Waals surface area (Å²) in [5.74, 6) is 0. The lowest BCUT2D eigenvalue weighted by Gasteiger charge is -2.08. The van der Waals surface area contributed by atoms with E-state index in [0.717, 1.165) is 5.56 Å². The molecule has 0 saturated heterocycles. The summed E-state index contributed by atoms with van der Waals surface area (Å²) in [5.41, 5.74) is 0.988. The SMILES string of the molecule is O=C(NCCOCC(F)F)NCc1ccccc1. The number of amides is 2. The molecule has 0 saturated carbocycles. The third-order valence-electron chi connectivity index (χ3n) is 2.07. The van der Waals surface area contributed by atoms with E-state index in [1.165, 1.54) is 0 Å². The Morgan fingerprint density at radius 3 is 2.61 bits per heavy atom. The summed E-state index contributed by atoms with van der Waals surface area (Å²) < 4.78 is 28.0. The second-order valence-electron chi connectivity index (χ2n) is 3.56. The fourth-order valence-corrected chi connectivity index (χ4v) is 1.25. The maximum absolute atomic E-state index is 11.7. The average Bonchev–Trinajstić information content (AvgIpc) is 2.37. The Bertz CT molecular complexity index is 347. The minimum absolute atomic E-state index is 0.0725. The van der Waals surface area contributed by atoms with Gasteiger partial charge in [-0.1, -0.05) is 30.3 Å². The normalized spacial score (nSPS) is 10.4. The van der Waals surface area contributed by atoms with Crippen LogP contribution >= 0.6 is 0 Å². The highest BCUT2D eigenvalue weighted by atomic mass is 19.3. The molecule has 2 N–H and O–H groups in total. The van der Waals surface area contributed by atoms with Crippen LogP contribution in [0.25, 0.3) is 0 Å². The van der Waals surface area contributed by atoms with Crippen molar-refractivity contribution in [3.8, 4) is 0 Å². The number of carbonyl (C=O) groups is 1. The van der Waals surface area contributed by atoms with Crippen molar-refractivity contribution in [1.29, 1.82) is 0 Å². The van der Waals surface area contributed by atoms with E-state index in [2.05, 4.69) is 15.4 Å². The highest BCUT2D eigenvalue weighted by molar-refractivity contribution is 5.73. The molecule has 1 rings (SSSR count).